The van der Waals surface area contributed by atoms with Gasteiger partial charge in [0.2, 0.25) is 0 Å². The summed E-state index contributed by atoms with van der Waals surface area (Å²) >= 11 is 0. The van der Waals surface area contributed by atoms with Gasteiger partial charge in [0.25, 0.3) is 0 Å². The average molecular weight is 234 g/mol. The number of carbonyl (C=O) groups is 1. The second-order valence-electron chi connectivity index (χ2n) is 4.69. The number of methoxy groups -OCH3 is 1. The molecule has 0 radical (unpaired) electrons. The second kappa shape index (κ2) is 4.73. The van der Waals surface area contributed by atoms with Gasteiger partial charge in [0.15, 0.2) is 0 Å². The van der Waals surface area contributed by atoms with Crippen molar-refractivity contribution in [1.82, 2.24) is 4.98 Å². The van der Waals surface area contributed by atoms with Crippen LogP contribution in [0.25, 0.3) is 0 Å². The van der Waals surface area contributed by atoms with Gasteiger partial charge in [-0.1, -0.05) is 6.42 Å². The number of carbonyl (C=O) groups excluding carboxylic acids is 1. The van der Waals surface area contributed by atoms with Crippen molar-refractivity contribution >= 4 is 11.7 Å². The number of pyridine rings is 1. The van der Waals surface area contributed by atoms with Gasteiger partial charge >= 0.3 is 5.97 Å². The second-order valence-corrected chi connectivity index (χ2v) is 4.69. The van der Waals surface area contributed by atoms with Crippen molar-refractivity contribution in [1.29, 1.82) is 0 Å². The van der Waals surface area contributed by atoms with Crippen LogP contribution in [-0.4, -0.2) is 31.7 Å². The molecule has 1 aliphatic carbocycles. The first kappa shape index (κ1) is 11.9. The van der Waals surface area contributed by atoms with E-state index < -0.39 is 0 Å². The van der Waals surface area contributed by atoms with E-state index in [9.17, 15) is 4.79 Å². The molecule has 0 unspecified atom stereocenters. The van der Waals surface area contributed by atoms with Gasteiger partial charge in [0.05, 0.1) is 12.5 Å². The largest absolute Gasteiger partial charge is 0.469 e. The summed E-state index contributed by atoms with van der Waals surface area (Å²) < 4.78 is 4.92. The Morgan fingerprint density at radius 2 is 2.12 bits per heavy atom. The maximum absolute atomic E-state index is 11.8. The normalized spacial score (nSPS) is 17.1. The van der Waals surface area contributed by atoms with Gasteiger partial charge in [-0.25, -0.2) is 0 Å². The van der Waals surface area contributed by atoms with Gasteiger partial charge in [-0.15, -0.1) is 0 Å². The number of ether oxygens (including phenoxy) is 1. The van der Waals surface area contributed by atoms with Crippen LogP contribution in [0.3, 0.4) is 0 Å². The van der Waals surface area contributed by atoms with Crippen molar-refractivity contribution in [3.63, 3.8) is 0 Å². The highest BCUT2D eigenvalue weighted by molar-refractivity contribution is 5.78. The number of esters is 1. The molecule has 2 rings (SSSR count). The first-order chi connectivity index (χ1) is 8.18. The molecule has 0 bridgehead atoms. The van der Waals surface area contributed by atoms with Crippen LogP contribution in [0.1, 0.15) is 19.3 Å². The van der Waals surface area contributed by atoms with Crippen LogP contribution >= 0.6 is 0 Å². The summed E-state index contributed by atoms with van der Waals surface area (Å²) in [5, 5.41) is 0. The zero-order valence-electron chi connectivity index (χ0n) is 10.3. The molecule has 1 aliphatic rings. The van der Waals surface area contributed by atoms with E-state index in [1.807, 2.05) is 19.2 Å². The smallest absolute Gasteiger partial charge is 0.313 e. The number of hydrogen-bond donors (Lipinski definition) is 0. The minimum absolute atomic E-state index is 0.0790. The molecule has 4 nitrogen and oxygen atoms in total. The van der Waals surface area contributed by atoms with Crippen LogP contribution in [0, 0.1) is 5.41 Å². The Morgan fingerprint density at radius 3 is 2.59 bits per heavy atom. The summed E-state index contributed by atoms with van der Waals surface area (Å²) in [7, 11) is 3.47. The number of rotatable bonds is 4. The Hall–Kier alpha value is -1.58. The molecule has 0 aliphatic heterocycles. The minimum Gasteiger partial charge on any atom is -0.469 e. The van der Waals surface area contributed by atoms with Crippen LogP contribution in [0.4, 0.5) is 5.69 Å². The Morgan fingerprint density at radius 1 is 1.47 bits per heavy atom. The first-order valence-electron chi connectivity index (χ1n) is 5.87. The highest BCUT2D eigenvalue weighted by Crippen LogP contribution is 2.43. The average Bonchev–Trinajstić information content (AvgIpc) is 2.33. The van der Waals surface area contributed by atoms with Gasteiger partial charge in [-0.05, 0) is 25.0 Å². The fourth-order valence-corrected chi connectivity index (χ4v) is 2.39. The van der Waals surface area contributed by atoms with Crippen LogP contribution in [0.5, 0.6) is 0 Å². The summed E-state index contributed by atoms with van der Waals surface area (Å²) in [6.07, 6.45) is 6.48. The van der Waals surface area contributed by atoms with Crippen LogP contribution in [0.15, 0.2) is 24.5 Å². The van der Waals surface area contributed by atoms with Crippen LogP contribution < -0.4 is 4.90 Å². The van der Waals surface area contributed by atoms with E-state index in [0.717, 1.165) is 24.9 Å². The molecule has 1 fully saturated rings. The molecule has 0 spiro atoms. The maximum Gasteiger partial charge on any atom is 0.313 e. The standard InChI is InChI=1S/C13H18N2O2/c1-15(11-4-8-14-9-5-11)10-13(6-3-7-13)12(16)17-2/h4-5,8-9H,3,6-7,10H2,1-2H3. The van der Waals surface area contributed by atoms with Crippen molar-refractivity contribution in [3.05, 3.63) is 24.5 Å². The van der Waals surface area contributed by atoms with Crippen molar-refractivity contribution in [2.75, 3.05) is 25.6 Å². The molecule has 92 valence electrons. The molecule has 0 amide bonds. The predicted octanol–water partition coefficient (Wildman–Crippen LogP) is 1.86. The number of hydrogen-bond acceptors (Lipinski definition) is 4. The van der Waals surface area contributed by atoms with Gasteiger partial charge < -0.3 is 9.64 Å². The fraction of sp³-hybridized carbons (Fsp3) is 0.538. The molecule has 1 heterocycles. The zero-order valence-corrected chi connectivity index (χ0v) is 10.3. The topological polar surface area (TPSA) is 42.4 Å². The first-order valence-corrected chi connectivity index (χ1v) is 5.87. The molecule has 1 saturated carbocycles. The molecule has 1 aromatic heterocycles. The third-order valence-corrected chi connectivity index (χ3v) is 3.57. The van der Waals surface area contributed by atoms with Gasteiger partial charge in [0, 0.05) is 31.7 Å². The number of aromatic nitrogens is 1. The molecule has 0 N–H and O–H groups in total. The lowest BCUT2D eigenvalue weighted by Crippen LogP contribution is -2.47. The summed E-state index contributed by atoms with van der Waals surface area (Å²) in [6.45, 7) is 0.712. The highest BCUT2D eigenvalue weighted by Gasteiger charge is 2.46. The third-order valence-electron chi connectivity index (χ3n) is 3.57. The lowest BCUT2D eigenvalue weighted by atomic mass is 9.68. The molecular weight excluding hydrogens is 216 g/mol. The molecule has 0 aromatic carbocycles. The van der Waals surface area contributed by atoms with E-state index in [1.54, 1.807) is 12.4 Å². The van der Waals surface area contributed by atoms with E-state index >= 15 is 0 Å². The summed E-state index contributed by atoms with van der Waals surface area (Å²) in [4.78, 5) is 17.9. The molecule has 1 aromatic rings. The van der Waals surface area contributed by atoms with Gasteiger partial charge in [-0.3, -0.25) is 9.78 Å². The molecule has 4 heteroatoms. The fourth-order valence-electron chi connectivity index (χ4n) is 2.39. The molecular formula is C13H18N2O2. The van der Waals surface area contributed by atoms with Gasteiger partial charge in [-0.2, -0.15) is 0 Å². The van der Waals surface area contributed by atoms with E-state index in [0.29, 0.717) is 6.54 Å². The SMILES string of the molecule is COC(=O)C1(CN(C)c2ccncc2)CCC1. The lowest BCUT2D eigenvalue weighted by molar-refractivity contribution is -0.157. The van der Waals surface area contributed by atoms with E-state index in [-0.39, 0.29) is 11.4 Å². The lowest BCUT2D eigenvalue weighted by Gasteiger charge is -2.41. The van der Waals surface area contributed by atoms with E-state index in [1.165, 1.54) is 7.11 Å². The minimum atomic E-state index is -0.299. The Kier molecular flexibility index (Phi) is 3.31. The van der Waals surface area contributed by atoms with Crippen LogP contribution in [-0.2, 0) is 9.53 Å². The third kappa shape index (κ3) is 2.25. The Balaban J connectivity index is 2.07. The summed E-state index contributed by atoms with van der Waals surface area (Å²) in [5.74, 6) is -0.0790. The quantitative estimate of drug-likeness (QED) is 0.746. The van der Waals surface area contributed by atoms with E-state index in [2.05, 4.69) is 9.88 Å². The van der Waals surface area contributed by atoms with Crippen molar-refractivity contribution in [2.45, 2.75) is 19.3 Å². The molecule has 17 heavy (non-hydrogen) atoms. The number of anilines is 1. The van der Waals surface area contributed by atoms with Crippen molar-refractivity contribution in [2.24, 2.45) is 5.41 Å². The predicted molar refractivity (Wildman–Crippen MR) is 65.8 cm³/mol. The Labute approximate surface area is 102 Å². The zero-order chi connectivity index (χ0) is 12.3. The van der Waals surface area contributed by atoms with Crippen molar-refractivity contribution in [3.8, 4) is 0 Å². The highest BCUT2D eigenvalue weighted by atomic mass is 16.5. The molecule has 0 saturated heterocycles. The van der Waals surface area contributed by atoms with E-state index in [4.69, 9.17) is 4.74 Å². The van der Waals surface area contributed by atoms with Crippen molar-refractivity contribution < 1.29 is 9.53 Å². The monoisotopic (exact) mass is 234 g/mol. The number of nitrogens with zero attached hydrogens (tertiary/aromatic N) is 2. The van der Waals surface area contributed by atoms with Crippen LogP contribution in [0.2, 0.25) is 0 Å². The maximum atomic E-state index is 11.8. The Bertz CT molecular complexity index is 388. The molecule has 0 atom stereocenters. The summed E-state index contributed by atoms with van der Waals surface area (Å²) in [5.41, 5.74) is 0.780. The summed E-state index contributed by atoms with van der Waals surface area (Å²) in [6, 6.07) is 3.90. The van der Waals surface area contributed by atoms with Gasteiger partial charge in [0.1, 0.15) is 0 Å².